The highest BCUT2D eigenvalue weighted by atomic mass is 32.2. The Kier molecular flexibility index (Phi) is 17.8. The van der Waals surface area contributed by atoms with Gasteiger partial charge in [-0.05, 0) is 66.7 Å². The molecular formula is C65H82N8O4SSi2+2. The molecule has 6 aromatic carbocycles. The predicted octanol–water partition coefficient (Wildman–Crippen LogP) is 6.78. The number of carbonyl (C=O) groups is 2. The van der Waals surface area contributed by atoms with Crippen molar-refractivity contribution in [2.75, 3.05) is 52.5 Å². The van der Waals surface area contributed by atoms with Crippen molar-refractivity contribution in [2.45, 2.75) is 112 Å². The maximum atomic E-state index is 14.2. The standard InChI is InChI=1S/C65H80N8O4SSi2/c1-64(2,3)79(56-24-14-8-15-25-56,57-26-16-9-17-27-57)76-45-53-34-38-72-36-32-51(68-62(72)70-53)43-66-60(74)49-40-48(47-78-55-22-12-7-13-23-55)41-50(42-49)61(75)67-44-52-33-37-73-39-35-54(71-63(73)69-52)46-77-80(65(4,5)6,58-28-18-10-19-29-58)59-30-20-11-21-31-59/h7-31,40-42,51-54H,32-39,43-47H2,1-6H3,(H4,66,67,68,69,70,71,74,75)/p+2. The monoisotopic (exact) mass is 1130 g/mol. The summed E-state index contributed by atoms with van der Waals surface area (Å²) in [4.78, 5) is 29.6. The van der Waals surface area contributed by atoms with E-state index in [9.17, 15) is 9.59 Å². The summed E-state index contributed by atoms with van der Waals surface area (Å²) in [5.41, 5.74) is 1.86. The fourth-order valence-corrected chi connectivity index (χ4v) is 22.4. The molecule has 80 heavy (non-hydrogen) atoms. The minimum Gasteiger partial charge on any atom is -0.404 e. The zero-order chi connectivity index (χ0) is 55.7. The van der Waals surface area contributed by atoms with E-state index in [0.29, 0.717) is 43.2 Å². The Labute approximate surface area is 480 Å². The number of guanidine groups is 2. The van der Waals surface area contributed by atoms with E-state index < -0.39 is 16.6 Å². The first-order valence-electron chi connectivity index (χ1n) is 28.9. The summed E-state index contributed by atoms with van der Waals surface area (Å²) in [6, 6.07) is 59.4. The van der Waals surface area contributed by atoms with Gasteiger partial charge in [-0.1, -0.05) is 181 Å². The van der Waals surface area contributed by atoms with Crippen LogP contribution in [0.3, 0.4) is 0 Å². The van der Waals surface area contributed by atoms with Crippen LogP contribution in [0.5, 0.6) is 0 Å². The Balaban J connectivity index is 0.764. The number of nitrogens with zero attached hydrogens (tertiary/aromatic N) is 2. The average Bonchev–Trinajstić information content (AvgIpc) is 3.54. The molecule has 10 rings (SSSR count). The summed E-state index contributed by atoms with van der Waals surface area (Å²) in [7, 11) is -5.40. The Bertz CT molecular complexity index is 2860. The second-order valence-electron chi connectivity index (χ2n) is 24.1. The highest BCUT2D eigenvalue weighted by molar-refractivity contribution is 7.98. The molecule has 4 heterocycles. The topological polar surface area (TPSA) is 131 Å². The molecule has 0 bridgehead atoms. The molecule has 418 valence electrons. The van der Waals surface area contributed by atoms with Gasteiger partial charge in [0.25, 0.3) is 28.4 Å². The maximum Gasteiger partial charge on any atom is 0.346 e. The number of nitrogens with one attached hydrogen (secondary N) is 6. The van der Waals surface area contributed by atoms with E-state index in [0.717, 1.165) is 74.2 Å². The second kappa shape index (κ2) is 25.1. The van der Waals surface area contributed by atoms with Crippen LogP contribution in [0.2, 0.25) is 10.1 Å². The fraction of sp³-hybridized carbons (Fsp3) is 0.385. The van der Waals surface area contributed by atoms with E-state index in [1.54, 1.807) is 17.8 Å². The zero-order valence-electron chi connectivity index (χ0n) is 47.6. The van der Waals surface area contributed by atoms with Crippen molar-refractivity contribution in [3.05, 3.63) is 187 Å². The quantitative estimate of drug-likeness (QED) is 0.0296. The first-order valence-corrected chi connectivity index (χ1v) is 33.7. The third-order valence-corrected chi connectivity index (χ3v) is 27.6. The van der Waals surface area contributed by atoms with Crippen LogP contribution in [-0.4, -0.2) is 126 Å². The van der Waals surface area contributed by atoms with Gasteiger partial charge in [0.15, 0.2) is 0 Å². The summed E-state index contributed by atoms with van der Waals surface area (Å²) in [6.07, 6.45) is 3.70. The zero-order valence-corrected chi connectivity index (χ0v) is 50.4. The molecule has 4 atom stereocenters. The fourth-order valence-electron chi connectivity index (χ4n) is 12.3. The van der Waals surface area contributed by atoms with Gasteiger partial charge in [0, 0.05) is 47.5 Å². The number of thioether (sulfide) groups is 1. The van der Waals surface area contributed by atoms with Gasteiger partial charge in [-0.2, -0.15) is 0 Å². The van der Waals surface area contributed by atoms with Crippen molar-refractivity contribution in [1.82, 2.24) is 31.9 Å². The molecule has 0 aliphatic carbocycles. The lowest BCUT2D eigenvalue weighted by atomic mass is 10.0. The third kappa shape index (κ3) is 12.8. The van der Waals surface area contributed by atoms with Crippen LogP contribution in [0.25, 0.3) is 0 Å². The van der Waals surface area contributed by atoms with Crippen molar-refractivity contribution in [3.63, 3.8) is 0 Å². The van der Waals surface area contributed by atoms with Gasteiger partial charge >= 0.3 is 11.9 Å². The van der Waals surface area contributed by atoms with Crippen LogP contribution >= 0.6 is 11.8 Å². The van der Waals surface area contributed by atoms with Gasteiger partial charge in [-0.15, -0.1) is 11.8 Å². The van der Waals surface area contributed by atoms with Gasteiger partial charge in [0.05, 0.1) is 76.6 Å². The Morgan fingerprint density at radius 2 is 0.812 bits per heavy atom. The first kappa shape index (κ1) is 56.8. The molecule has 0 saturated carbocycles. The van der Waals surface area contributed by atoms with Crippen LogP contribution in [0, 0.1) is 0 Å². The first-order chi connectivity index (χ1) is 38.7. The lowest BCUT2D eigenvalue weighted by molar-refractivity contribution is -0.542. The lowest BCUT2D eigenvalue weighted by Gasteiger charge is -2.44. The summed E-state index contributed by atoms with van der Waals surface area (Å²) >= 11 is 1.69. The second-order valence-corrected chi connectivity index (χ2v) is 33.7. The highest BCUT2D eigenvalue weighted by Gasteiger charge is 2.52. The van der Waals surface area contributed by atoms with Gasteiger partial charge in [0.2, 0.25) is 0 Å². The molecule has 4 aliphatic heterocycles. The van der Waals surface area contributed by atoms with E-state index in [4.69, 9.17) is 8.85 Å². The normalized spacial score (nSPS) is 19.5. The van der Waals surface area contributed by atoms with E-state index in [1.165, 1.54) is 20.7 Å². The minimum absolute atomic E-state index is 0.0226. The van der Waals surface area contributed by atoms with E-state index >= 15 is 0 Å². The summed E-state index contributed by atoms with van der Waals surface area (Å²) in [5.74, 6) is 2.20. The third-order valence-electron chi connectivity index (χ3n) is 16.5. The SMILES string of the molecule is CC(C)(C)[Si](OCC1CC[N+]2=C(NC(CNC(=O)c3cc(CSc4ccccc4)cc(C(=O)NCC4CC[N+]5=C(N4)NC(CO[Si](c4ccccc4)(c4ccccc4)C(C)(C)C)CC5)c3)CC2)N1)(c1ccccc1)c1ccccc1. The summed E-state index contributed by atoms with van der Waals surface area (Å²) < 4.78 is 19.5. The van der Waals surface area contributed by atoms with Crippen molar-refractivity contribution in [3.8, 4) is 0 Å². The molecule has 0 fully saturated rings. The molecule has 0 aromatic heterocycles. The molecule has 0 radical (unpaired) electrons. The molecule has 6 aromatic rings. The average molecular weight is 1130 g/mol. The number of hydrogen-bond acceptors (Lipinski definition) is 9. The van der Waals surface area contributed by atoms with Gasteiger partial charge in [0.1, 0.15) is 0 Å². The molecule has 4 unspecified atom stereocenters. The Morgan fingerprint density at radius 3 is 1.16 bits per heavy atom. The molecule has 4 aliphatic rings. The minimum atomic E-state index is -2.70. The smallest absolute Gasteiger partial charge is 0.346 e. The van der Waals surface area contributed by atoms with Crippen LogP contribution in [0.15, 0.2) is 175 Å². The Hall–Kier alpha value is -6.50. The highest BCUT2D eigenvalue weighted by Crippen LogP contribution is 2.38. The lowest BCUT2D eigenvalue weighted by Crippen LogP contribution is -2.68. The van der Waals surface area contributed by atoms with Crippen molar-refractivity contribution >= 4 is 72.9 Å². The molecular weight excluding hydrogens is 1050 g/mol. The Morgan fingerprint density at radius 1 is 0.487 bits per heavy atom. The molecule has 0 spiro atoms. The van der Waals surface area contributed by atoms with Crippen LogP contribution in [0.1, 0.15) is 93.5 Å². The van der Waals surface area contributed by atoms with E-state index in [1.807, 2.05) is 30.3 Å². The largest absolute Gasteiger partial charge is 0.404 e. The number of benzene rings is 6. The number of amides is 2. The van der Waals surface area contributed by atoms with E-state index in [-0.39, 0.29) is 46.1 Å². The number of carbonyl (C=O) groups excluding carboxylic acids is 2. The number of rotatable bonds is 19. The van der Waals surface area contributed by atoms with Crippen LogP contribution in [0.4, 0.5) is 0 Å². The molecule has 2 amide bonds. The number of hydrogen-bond donors (Lipinski definition) is 6. The molecule has 0 saturated heterocycles. The summed E-state index contributed by atoms with van der Waals surface area (Å²) in [6.45, 7) is 19.6. The van der Waals surface area contributed by atoms with Crippen LogP contribution < -0.4 is 52.6 Å². The van der Waals surface area contributed by atoms with Crippen molar-refractivity contribution < 1.29 is 27.6 Å². The maximum absolute atomic E-state index is 14.2. The van der Waals surface area contributed by atoms with Crippen molar-refractivity contribution in [2.24, 2.45) is 0 Å². The van der Waals surface area contributed by atoms with Crippen molar-refractivity contribution in [1.29, 1.82) is 0 Å². The van der Waals surface area contributed by atoms with Gasteiger partial charge in [-0.25, -0.2) is 0 Å². The predicted molar refractivity (Wildman–Crippen MR) is 330 cm³/mol. The summed E-state index contributed by atoms with van der Waals surface area (Å²) in [5, 5.41) is 26.5. The molecule has 6 N–H and O–H groups in total. The molecule has 12 nitrogen and oxygen atoms in total. The van der Waals surface area contributed by atoms with E-state index in [2.05, 4.69) is 216 Å². The molecule has 15 heteroatoms. The van der Waals surface area contributed by atoms with Gasteiger partial charge in [-0.3, -0.25) is 40.0 Å². The van der Waals surface area contributed by atoms with Crippen LogP contribution in [-0.2, 0) is 14.6 Å². The van der Waals surface area contributed by atoms with Gasteiger partial charge < -0.3 is 19.5 Å².